The van der Waals surface area contributed by atoms with Crippen molar-refractivity contribution in [3.8, 4) is 67.5 Å². The number of hydrogen-bond donors (Lipinski definition) is 0. The molecule has 0 aliphatic heterocycles. The summed E-state index contributed by atoms with van der Waals surface area (Å²) in [6, 6.07) is 54.2. The molecule has 12 rings (SSSR count). The Morgan fingerprint density at radius 1 is 0.420 bits per heavy atom. The van der Waals surface area contributed by atoms with Gasteiger partial charge in [0.2, 0.25) is 0 Å². The molecule has 1 saturated carbocycles. The summed E-state index contributed by atoms with van der Waals surface area (Å²) >= 11 is 0. The molecule has 2 aliphatic rings. The van der Waals surface area contributed by atoms with Crippen LogP contribution in [0.4, 0.5) is 17.6 Å². The standard InChI is InChI=1S/C60H38F4N3OP/c61-41-24-20-37(21-25-41)57-65-58(38-22-26-42(62)27-23-38)67-59(66-57)52-31-30-51(48-18-6-7-19-49(48)52)54-35-55(63)53(34-56(54)64)50-29-28-45(46-16-4-5-17-47(46)50)39-11-10-15-44(33-39)69(68,43-13-2-1-3-14-43)60-32-9-8-12-40(60)36-60/h1-35,40H,36H2. The second-order valence-electron chi connectivity index (χ2n) is 17.6. The van der Waals surface area contributed by atoms with Gasteiger partial charge in [0.25, 0.3) is 0 Å². The minimum absolute atomic E-state index is 0.0786. The minimum Gasteiger partial charge on any atom is -0.313 e. The molecule has 2 aliphatic carbocycles. The molecule has 9 aromatic carbocycles. The van der Waals surface area contributed by atoms with Crippen LogP contribution >= 0.6 is 7.14 Å². The Labute approximate surface area is 395 Å². The van der Waals surface area contributed by atoms with Crippen molar-refractivity contribution in [1.82, 2.24) is 15.0 Å². The van der Waals surface area contributed by atoms with Gasteiger partial charge in [-0.25, -0.2) is 32.5 Å². The highest BCUT2D eigenvalue weighted by Crippen LogP contribution is 2.73. The van der Waals surface area contributed by atoms with Crippen molar-refractivity contribution in [2.24, 2.45) is 5.92 Å². The Morgan fingerprint density at radius 3 is 1.46 bits per heavy atom. The van der Waals surface area contributed by atoms with Crippen molar-refractivity contribution < 1.29 is 22.1 Å². The Kier molecular flexibility index (Phi) is 10.2. The lowest BCUT2D eigenvalue weighted by atomic mass is 9.90. The van der Waals surface area contributed by atoms with Gasteiger partial charge in [0.1, 0.15) is 23.3 Å². The smallest absolute Gasteiger partial charge is 0.164 e. The van der Waals surface area contributed by atoms with E-state index in [0.717, 1.165) is 38.9 Å². The third kappa shape index (κ3) is 7.13. The molecule has 0 spiro atoms. The van der Waals surface area contributed by atoms with Gasteiger partial charge in [0.05, 0.1) is 5.16 Å². The van der Waals surface area contributed by atoms with Crippen LogP contribution in [0.3, 0.4) is 0 Å². The van der Waals surface area contributed by atoms with Crippen LogP contribution in [0, 0.1) is 29.2 Å². The van der Waals surface area contributed by atoms with Gasteiger partial charge in [-0.2, -0.15) is 0 Å². The van der Waals surface area contributed by atoms with E-state index < -0.39 is 35.6 Å². The van der Waals surface area contributed by atoms with E-state index in [1.807, 2.05) is 127 Å². The third-order valence-corrected chi connectivity index (χ3v) is 17.5. The quantitative estimate of drug-likeness (QED) is 0.107. The highest BCUT2D eigenvalue weighted by molar-refractivity contribution is 7.80. The molecule has 0 amide bonds. The fourth-order valence-corrected chi connectivity index (χ4v) is 13.9. The van der Waals surface area contributed by atoms with E-state index in [4.69, 9.17) is 9.97 Å². The monoisotopic (exact) mass is 923 g/mol. The number of fused-ring (bicyclic) bond motifs is 3. The maximum Gasteiger partial charge on any atom is 0.164 e. The van der Waals surface area contributed by atoms with Crippen molar-refractivity contribution in [1.29, 1.82) is 0 Å². The van der Waals surface area contributed by atoms with Crippen LogP contribution in [-0.4, -0.2) is 20.1 Å². The maximum absolute atomic E-state index is 16.8. The Bertz CT molecular complexity index is 3740. The average Bonchev–Trinajstić information content (AvgIpc) is 4.16. The molecule has 69 heavy (non-hydrogen) atoms. The Balaban J connectivity index is 0.933. The summed E-state index contributed by atoms with van der Waals surface area (Å²) in [4.78, 5) is 14.3. The number of hydrogen-bond acceptors (Lipinski definition) is 4. The maximum atomic E-state index is 16.8. The molecule has 9 heteroatoms. The van der Waals surface area contributed by atoms with Gasteiger partial charge in [0, 0.05) is 38.4 Å². The predicted octanol–water partition coefficient (Wildman–Crippen LogP) is 14.9. The number of allylic oxidation sites excluding steroid dienone is 4. The zero-order valence-electron chi connectivity index (χ0n) is 36.7. The molecular weight excluding hydrogens is 886 g/mol. The molecule has 3 unspecified atom stereocenters. The average molecular weight is 924 g/mol. The summed E-state index contributed by atoms with van der Waals surface area (Å²) in [5.74, 6) is -0.986. The zero-order valence-corrected chi connectivity index (χ0v) is 37.6. The molecule has 4 nitrogen and oxygen atoms in total. The summed E-state index contributed by atoms with van der Waals surface area (Å²) in [7, 11) is -3.17. The van der Waals surface area contributed by atoms with Gasteiger partial charge >= 0.3 is 0 Å². The van der Waals surface area contributed by atoms with E-state index in [-0.39, 0.29) is 34.5 Å². The van der Waals surface area contributed by atoms with Crippen LogP contribution in [0.25, 0.3) is 89.1 Å². The Hall–Kier alpha value is -8.06. The van der Waals surface area contributed by atoms with Crippen LogP contribution in [-0.2, 0) is 4.57 Å². The molecular formula is C60H38F4N3OP. The number of aromatic nitrogens is 3. The second-order valence-corrected chi connectivity index (χ2v) is 20.7. The normalized spacial score (nSPS) is 16.9. The minimum atomic E-state index is -3.17. The van der Waals surface area contributed by atoms with Gasteiger partial charge in [0.15, 0.2) is 24.6 Å². The first-order valence-corrected chi connectivity index (χ1v) is 24.3. The second kappa shape index (κ2) is 16.6. The highest BCUT2D eigenvalue weighted by atomic mass is 31.2. The number of nitrogens with zero attached hydrogens (tertiary/aromatic N) is 3. The van der Waals surface area contributed by atoms with E-state index >= 15 is 13.3 Å². The van der Waals surface area contributed by atoms with E-state index in [9.17, 15) is 8.78 Å². The summed E-state index contributed by atoms with van der Waals surface area (Å²) in [5.41, 5.74) is 4.65. The van der Waals surface area contributed by atoms with Crippen molar-refractivity contribution in [2.75, 3.05) is 0 Å². The van der Waals surface area contributed by atoms with E-state index in [2.05, 4.69) is 17.1 Å². The number of halogens is 4. The molecule has 3 atom stereocenters. The summed E-state index contributed by atoms with van der Waals surface area (Å²) in [6.45, 7) is 0. The lowest BCUT2D eigenvalue weighted by Crippen LogP contribution is -2.28. The van der Waals surface area contributed by atoms with Crippen LogP contribution in [0.15, 0.2) is 212 Å². The van der Waals surface area contributed by atoms with Gasteiger partial charge in [-0.3, -0.25) is 0 Å². The van der Waals surface area contributed by atoms with Crippen LogP contribution in [0.5, 0.6) is 0 Å². The Morgan fingerprint density at radius 2 is 0.899 bits per heavy atom. The topological polar surface area (TPSA) is 55.7 Å². The molecule has 0 bridgehead atoms. The first-order chi connectivity index (χ1) is 33.7. The molecule has 1 aromatic heterocycles. The van der Waals surface area contributed by atoms with Crippen molar-refractivity contribution in [2.45, 2.75) is 11.6 Å². The molecule has 0 radical (unpaired) electrons. The first kappa shape index (κ1) is 42.3. The van der Waals surface area contributed by atoms with Crippen molar-refractivity contribution >= 4 is 39.3 Å². The summed E-state index contributed by atoms with van der Waals surface area (Å²) in [5, 5.41) is 4.03. The van der Waals surface area contributed by atoms with E-state index in [1.165, 1.54) is 36.4 Å². The lowest BCUT2D eigenvalue weighted by Gasteiger charge is -2.29. The van der Waals surface area contributed by atoms with Gasteiger partial charge < -0.3 is 4.57 Å². The molecule has 332 valence electrons. The first-order valence-electron chi connectivity index (χ1n) is 22.6. The largest absolute Gasteiger partial charge is 0.313 e. The third-order valence-electron chi connectivity index (χ3n) is 13.7. The van der Waals surface area contributed by atoms with Gasteiger partial charge in [-0.1, -0.05) is 140 Å². The van der Waals surface area contributed by atoms with Crippen molar-refractivity contribution in [3.05, 3.63) is 236 Å². The molecule has 10 aromatic rings. The zero-order chi connectivity index (χ0) is 46.9. The molecule has 0 saturated heterocycles. The van der Waals surface area contributed by atoms with E-state index in [1.54, 1.807) is 36.4 Å². The fourth-order valence-electron chi connectivity index (χ4n) is 10.2. The fraction of sp³-hybridized carbons (Fsp3) is 0.0500. The van der Waals surface area contributed by atoms with E-state index in [0.29, 0.717) is 38.6 Å². The van der Waals surface area contributed by atoms with Crippen LogP contribution in [0.1, 0.15) is 6.42 Å². The predicted molar refractivity (Wildman–Crippen MR) is 270 cm³/mol. The molecule has 0 N–H and O–H groups in total. The summed E-state index contributed by atoms with van der Waals surface area (Å²) < 4.78 is 77.3. The number of rotatable bonds is 9. The van der Waals surface area contributed by atoms with Crippen LogP contribution < -0.4 is 10.6 Å². The van der Waals surface area contributed by atoms with Crippen LogP contribution in [0.2, 0.25) is 0 Å². The van der Waals surface area contributed by atoms with Gasteiger partial charge in [-0.15, -0.1) is 0 Å². The lowest BCUT2D eigenvalue weighted by molar-refractivity contribution is 0.580. The van der Waals surface area contributed by atoms with Crippen molar-refractivity contribution in [3.63, 3.8) is 0 Å². The SMILES string of the molecule is O=P(c1ccccc1)(c1cccc(-c2ccc(-c3cc(F)c(-c4ccc(-c5nc(-c6ccc(F)cc6)nc(-c6ccc(F)cc6)n5)c5ccccc45)cc3F)c3ccccc23)c1)C12C=CC=CC1C2. The molecule has 1 fully saturated rings. The number of benzene rings is 9. The summed E-state index contributed by atoms with van der Waals surface area (Å²) in [6.07, 6.45) is 9.18. The highest BCUT2D eigenvalue weighted by Gasteiger charge is 2.64. The molecule has 1 heterocycles. The van der Waals surface area contributed by atoms with Gasteiger partial charge in [-0.05, 0) is 129 Å².